The molecule has 0 heterocycles. The molecule has 0 aliphatic carbocycles. The molecular formula is C21H28N3O3S. The summed E-state index contributed by atoms with van der Waals surface area (Å²) in [5.41, 5.74) is 2.13. The molecule has 0 aliphatic heterocycles. The van der Waals surface area contributed by atoms with Crippen molar-refractivity contribution >= 4 is 16.1 Å². The molecule has 0 spiro atoms. The highest BCUT2D eigenvalue weighted by Crippen LogP contribution is 2.06. The van der Waals surface area contributed by atoms with Crippen molar-refractivity contribution in [1.29, 1.82) is 0 Å². The lowest BCUT2D eigenvalue weighted by molar-refractivity contribution is -0.122. The average Bonchev–Trinajstić information content (AvgIpc) is 2.68. The summed E-state index contributed by atoms with van der Waals surface area (Å²) in [5.74, 6) is -0.321. The molecule has 0 fully saturated rings. The molecule has 1 radical (unpaired) electrons. The third-order valence-corrected chi connectivity index (χ3v) is 5.89. The normalized spacial score (nSPS) is 12.7. The molecule has 0 saturated heterocycles. The van der Waals surface area contributed by atoms with Gasteiger partial charge in [0, 0.05) is 20.6 Å². The molecule has 6 nitrogen and oxygen atoms in total. The van der Waals surface area contributed by atoms with Gasteiger partial charge in [-0.15, -0.1) is 0 Å². The minimum absolute atomic E-state index is 0.275. The summed E-state index contributed by atoms with van der Waals surface area (Å²) in [6.07, 6.45) is 3.01. The standard InChI is InChI=1S/C21H28N3O3S/c1-24(2)28(26,27)23-20(17-19-14-7-4-8-15-19)21(25)22-16-10-9-13-18-11-5-3-6-12-18/h3,5-8,11-12,14-15,20,23H,9-10,13,16-17H2,1-2H3,(H,22,25)/t20-/m0/s1. The van der Waals surface area contributed by atoms with Crippen LogP contribution < -0.4 is 10.0 Å². The van der Waals surface area contributed by atoms with Crippen LogP contribution >= 0.6 is 0 Å². The van der Waals surface area contributed by atoms with Crippen LogP contribution in [0.15, 0.2) is 54.6 Å². The van der Waals surface area contributed by atoms with E-state index in [4.69, 9.17) is 0 Å². The first-order valence-electron chi connectivity index (χ1n) is 9.35. The summed E-state index contributed by atoms with van der Waals surface area (Å²) in [7, 11) is -0.861. The van der Waals surface area contributed by atoms with E-state index in [1.807, 2.05) is 30.3 Å². The fraction of sp³-hybridized carbons (Fsp3) is 0.381. The van der Waals surface area contributed by atoms with Gasteiger partial charge in [0.15, 0.2) is 0 Å². The number of carbonyl (C=O) groups is 1. The molecule has 1 amide bonds. The van der Waals surface area contributed by atoms with E-state index in [0.717, 1.165) is 29.1 Å². The highest BCUT2D eigenvalue weighted by atomic mass is 32.2. The van der Waals surface area contributed by atoms with Gasteiger partial charge in [0.05, 0.1) is 0 Å². The first-order valence-corrected chi connectivity index (χ1v) is 10.8. The molecule has 2 aromatic carbocycles. The molecule has 0 aromatic heterocycles. The quantitative estimate of drug-likeness (QED) is 0.564. The third kappa shape index (κ3) is 7.42. The number of nitrogens with one attached hydrogen (secondary N) is 2. The predicted octanol–water partition coefficient (Wildman–Crippen LogP) is 1.93. The van der Waals surface area contributed by atoms with E-state index in [1.165, 1.54) is 19.7 Å². The number of amides is 1. The molecule has 0 unspecified atom stereocenters. The Hall–Kier alpha value is -2.22. The number of benzene rings is 2. The molecule has 2 aromatic rings. The lowest BCUT2D eigenvalue weighted by atomic mass is 10.1. The Morgan fingerprint density at radius 3 is 2.36 bits per heavy atom. The van der Waals surface area contributed by atoms with Crippen LogP contribution in [0.5, 0.6) is 0 Å². The monoisotopic (exact) mass is 402 g/mol. The molecule has 0 saturated carbocycles. The molecule has 0 aliphatic rings. The van der Waals surface area contributed by atoms with Gasteiger partial charge in [-0.3, -0.25) is 4.79 Å². The second-order valence-corrected chi connectivity index (χ2v) is 8.72. The summed E-state index contributed by atoms with van der Waals surface area (Å²) >= 11 is 0. The molecule has 0 bridgehead atoms. The molecule has 1 atom stereocenters. The van der Waals surface area contributed by atoms with Gasteiger partial charge in [-0.2, -0.15) is 17.4 Å². The highest BCUT2D eigenvalue weighted by molar-refractivity contribution is 7.87. The SMILES string of the molecule is CN(C)S(=O)(=O)N[C@@H](Cc1cc[c]cc1)C(=O)NCCCCc1ccccc1. The van der Waals surface area contributed by atoms with Crippen LogP contribution in [0.3, 0.4) is 0 Å². The fourth-order valence-electron chi connectivity index (χ4n) is 2.70. The van der Waals surface area contributed by atoms with Crippen molar-refractivity contribution in [1.82, 2.24) is 14.3 Å². The average molecular weight is 403 g/mol. The van der Waals surface area contributed by atoms with Crippen LogP contribution in [0.4, 0.5) is 0 Å². The van der Waals surface area contributed by atoms with E-state index < -0.39 is 16.3 Å². The van der Waals surface area contributed by atoms with E-state index in [1.54, 1.807) is 12.1 Å². The Kier molecular flexibility index (Phi) is 8.63. The van der Waals surface area contributed by atoms with Gasteiger partial charge in [-0.25, -0.2) is 0 Å². The summed E-state index contributed by atoms with van der Waals surface area (Å²) in [6, 6.07) is 19.4. The number of rotatable bonds is 11. The van der Waals surface area contributed by atoms with Gasteiger partial charge >= 0.3 is 0 Å². The van der Waals surface area contributed by atoms with Crippen LogP contribution in [-0.4, -0.2) is 45.3 Å². The molecule has 7 heteroatoms. The fourth-order valence-corrected chi connectivity index (χ4v) is 3.46. The second-order valence-electron chi connectivity index (χ2n) is 6.80. The topological polar surface area (TPSA) is 78.5 Å². The Labute approximate surface area is 168 Å². The van der Waals surface area contributed by atoms with Crippen LogP contribution in [0.2, 0.25) is 0 Å². The molecule has 28 heavy (non-hydrogen) atoms. The molecule has 2 rings (SSSR count). The lowest BCUT2D eigenvalue weighted by Gasteiger charge is -2.21. The van der Waals surface area contributed by atoms with Crippen molar-refractivity contribution in [3.63, 3.8) is 0 Å². The number of carbonyl (C=O) groups excluding carboxylic acids is 1. The first kappa shape index (κ1) is 22.1. The maximum atomic E-state index is 12.6. The maximum absolute atomic E-state index is 12.6. The van der Waals surface area contributed by atoms with E-state index in [2.05, 4.69) is 28.2 Å². The Bertz CT molecular complexity index is 824. The highest BCUT2D eigenvalue weighted by Gasteiger charge is 2.25. The summed E-state index contributed by atoms with van der Waals surface area (Å²) in [5, 5.41) is 2.86. The van der Waals surface area contributed by atoms with Crippen molar-refractivity contribution in [3.8, 4) is 0 Å². The number of hydrogen-bond acceptors (Lipinski definition) is 3. The number of unbranched alkanes of at least 4 members (excludes halogenated alkanes) is 1. The van der Waals surface area contributed by atoms with Crippen LogP contribution in [0.25, 0.3) is 0 Å². The minimum Gasteiger partial charge on any atom is -0.355 e. The summed E-state index contributed by atoms with van der Waals surface area (Å²) < 4.78 is 27.9. The Morgan fingerprint density at radius 1 is 1.04 bits per heavy atom. The Balaban J connectivity index is 1.88. The van der Waals surface area contributed by atoms with E-state index in [-0.39, 0.29) is 12.3 Å². The van der Waals surface area contributed by atoms with Crippen molar-refractivity contribution in [3.05, 3.63) is 71.8 Å². The van der Waals surface area contributed by atoms with Crippen molar-refractivity contribution in [2.75, 3.05) is 20.6 Å². The van der Waals surface area contributed by atoms with Gasteiger partial charge in [0.1, 0.15) is 6.04 Å². The minimum atomic E-state index is -3.72. The maximum Gasteiger partial charge on any atom is 0.279 e. The van der Waals surface area contributed by atoms with Gasteiger partial charge in [-0.1, -0.05) is 54.6 Å². The summed E-state index contributed by atoms with van der Waals surface area (Å²) in [6.45, 7) is 0.508. The second kappa shape index (κ2) is 10.9. The van der Waals surface area contributed by atoms with Crippen molar-refractivity contribution in [2.45, 2.75) is 31.7 Å². The lowest BCUT2D eigenvalue weighted by Crippen LogP contribution is -2.51. The zero-order chi connectivity index (χ0) is 20.4. The summed E-state index contributed by atoms with van der Waals surface area (Å²) in [4.78, 5) is 12.6. The van der Waals surface area contributed by atoms with Gasteiger partial charge in [0.25, 0.3) is 10.2 Å². The van der Waals surface area contributed by atoms with E-state index in [0.29, 0.717) is 6.54 Å². The van der Waals surface area contributed by atoms with Crippen LogP contribution in [-0.2, 0) is 27.8 Å². The molecule has 151 valence electrons. The van der Waals surface area contributed by atoms with Crippen LogP contribution in [0.1, 0.15) is 24.0 Å². The zero-order valence-electron chi connectivity index (χ0n) is 16.4. The molecule has 2 N–H and O–H groups in total. The van der Waals surface area contributed by atoms with E-state index >= 15 is 0 Å². The number of aryl methyl sites for hydroxylation is 1. The number of nitrogens with zero attached hydrogens (tertiary/aromatic N) is 1. The zero-order valence-corrected chi connectivity index (χ0v) is 17.2. The van der Waals surface area contributed by atoms with Gasteiger partial charge in [0.2, 0.25) is 5.91 Å². The van der Waals surface area contributed by atoms with Crippen molar-refractivity contribution < 1.29 is 13.2 Å². The first-order chi connectivity index (χ1) is 13.4. The molecular weight excluding hydrogens is 374 g/mol. The number of hydrogen-bond donors (Lipinski definition) is 2. The largest absolute Gasteiger partial charge is 0.355 e. The van der Waals surface area contributed by atoms with Crippen LogP contribution in [0, 0.1) is 6.07 Å². The Morgan fingerprint density at radius 2 is 1.71 bits per heavy atom. The third-order valence-electron chi connectivity index (χ3n) is 4.35. The van der Waals surface area contributed by atoms with Gasteiger partial charge < -0.3 is 5.32 Å². The van der Waals surface area contributed by atoms with Crippen molar-refractivity contribution in [2.24, 2.45) is 0 Å². The van der Waals surface area contributed by atoms with E-state index in [9.17, 15) is 13.2 Å². The predicted molar refractivity (Wildman–Crippen MR) is 111 cm³/mol. The smallest absolute Gasteiger partial charge is 0.279 e. The van der Waals surface area contributed by atoms with Gasteiger partial charge in [-0.05, 0) is 42.9 Å².